The molecule has 0 aliphatic heterocycles. The number of hydrogen-bond acceptors (Lipinski definition) is 3. The van der Waals surface area contributed by atoms with Gasteiger partial charge >= 0.3 is 0 Å². The lowest BCUT2D eigenvalue weighted by Gasteiger charge is -2.24. The Kier molecular flexibility index (Phi) is 3.65. The summed E-state index contributed by atoms with van der Waals surface area (Å²) >= 11 is 0. The summed E-state index contributed by atoms with van der Waals surface area (Å²) in [4.78, 5) is 4.55. The van der Waals surface area contributed by atoms with Gasteiger partial charge in [-0.15, -0.1) is 0 Å². The maximum atomic E-state index is 4.55. The van der Waals surface area contributed by atoms with Crippen LogP contribution in [0.3, 0.4) is 0 Å². The smallest absolute Gasteiger partial charge is 0.139 e. The van der Waals surface area contributed by atoms with Gasteiger partial charge in [-0.25, -0.2) is 4.98 Å². The molecule has 4 rings (SSSR count). The Balaban J connectivity index is 1.56. The molecule has 120 valence electrons. The van der Waals surface area contributed by atoms with Crippen LogP contribution in [-0.4, -0.2) is 19.2 Å². The van der Waals surface area contributed by atoms with Gasteiger partial charge < -0.3 is 9.72 Å². The van der Waals surface area contributed by atoms with Crippen molar-refractivity contribution in [2.45, 2.75) is 52.2 Å². The van der Waals surface area contributed by atoms with E-state index in [1.165, 1.54) is 35.4 Å². The quantitative estimate of drug-likeness (QED) is 0.806. The van der Waals surface area contributed by atoms with Crippen molar-refractivity contribution in [1.82, 2.24) is 24.5 Å². The van der Waals surface area contributed by atoms with Crippen LogP contribution in [-0.2, 0) is 19.5 Å². The summed E-state index contributed by atoms with van der Waals surface area (Å²) in [5.41, 5.74) is 6.25. The van der Waals surface area contributed by atoms with E-state index in [1.807, 2.05) is 12.4 Å². The maximum Gasteiger partial charge on any atom is 0.139 e. The summed E-state index contributed by atoms with van der Waals surface area (Å²) in [7, 11) is 0. The highest BCUT2D eigenvalue weighted by Gasteiger charge is 2.23. The molecule has 0 saturated heterocycles. The van der Waals surface area contributed by atoms with Crippen LogP contribution in [0.5, 0.6) is 0 Å². The van der Waals surface area contributed by atoms with Crippen molar-refractivity contribution in [3.63, 3.8) is 0 Å². The fraction of sp³-hybridized carbons (Fsp3) is 0.444. The van der Waals surface area contributed by atoms with Crippen molar-refractivity contribution in [2.24, 2.45) is 0 Å². The van der Waals surface area contributed by atoms with E-state index in [9.17, 15) is 0 Å². The zero-order valence-corrected chi connectivity index (χ0v) is 13.8. The Morgan fingerprint density at radius 3 is 3.13 bits per heavy atom. The molecule has 3 aromatic heterocycles. The van der Waals surface area contributed by atoms with Gasteiger partial charge in [0.1, 0.15) is 5.65 Å². The molecule has 0 amide bonds. The summed E-state index contributed by atoms with van der Waals surface area (Å²) < 4.78 is 4.32. The third-order valence-electron chi connectivity index (χ3n) is 4.90. The maximum absolute atomic E-state index is 4.55. The Morgan fingerprint density at radius 2 is 2.26 bits per heavy atom. The molecule has 0 radical (unpaired) electrons. The lowest BCUT2D eigenvalue weighted by atomic mass is 9.93. The van der Waals surface area contributed by atoms with E-state index in [2.05, 4.69) is 56.7 Å². The first-order valence-corrected chi connectivity index (χ1v) is 8.47. The van der Waals surface area contributed by atoms with E-state index in [1.54, 1.807) is 0 Å². The van der Waals surface area contributed by atoms with Crippen LogP contribution in [0.2, 0.25) is 0 Å². The van der Waals surface area contributed by atoms with E-state index in [0.29, 0.717) is 6.04 Å². The number of nitrogens with one attached hydrogen (secondary N) is 1. The van der Waals surface area contributed by atoms with Crippen molar-refractivity contribution in [3.8, 4) is 0 Å². The summed E-state index contributed by atoms with van der Waals surface area (Å²) in [5, 5.41) is 8.25. The standard InChI is InChI=1S/C18H23N5/c1-3-23-17-8-4-7-16(15(17)12-21-23)19-10-14-11-20-18-13(2)6-5-9-22(14)18/h5-6,9,11-12,16,19H,3-4,7-8,10H2,1-2H3/t16-/m0/s1. The van der Waals surface area contributed by atoms with E-state index in [4.69, 9.17) is 0 Å². The average Bonchev–Trinajstić information content (AvgIpc) is 3.17. The highest BCUT2D eigenvalue weighted by molar-refractivity contribution is 5.48. The van der Waals surface area contributed by atoms with Gasteiger partial charge in [0.05, 0.1) is 18.1 Å². The molecule has 0 unspecified atom stereocenters. The van der Waals surface area contributed by atoms with Gasteiger partial charge in [-0.3, -0.25) is 4.68 Å². The van der Waals surface area contributed by atoms with Crippen molar-refractivity contribution in [2.75, 3.05) is 0 Å². The lowest BCUT2D eigenvalue weighted by molar-refractivity contribution is 0.445. The molecular formula is C18H23N5. The summed E-state index contributed by atoms with van der Waals surface area (Å²) in [5.74, 6) is 0. The zero-order valence-electron chi connectivity index (χ0n) is 13.8. The molecule has 23 heavy (non-hydrogen) atoms. The minimum Gasteiger partial charge on any atom is -0.304 e. The predicted octanol–water partition coefficient (Wildman–Crippen LogP) is 3.03. The molecule has 0 fully saturated rings. The van der Waals surface area contributed by atoms with Gasteiger partial charge in [0.15, 0.2) is 0 Å². The summed E-state index contributed by atoms with van der Waals surface area (Å²) in [6.07, 6.45) is 9.67. The van der Waals surface area contributed by atoms with Crippen LogP contribution >= 0.6 is 0 Å². The van der Waals surface area contributed by atoms with E-state index in [0.717, 1.165) is 25.2 Å². The molecule has 5 nitrogen and oxygen atoms in total. The number of aryl methyl sites for hydroxylation is 2. The van der Waals surface area contributed by atoms with Crippen LogP contribution in [0.1, 0.15) is 48.3 Å². The number of pyridine rings is 1. The molecule has 5 heteroatoms. The van der Waals surface area contributed by atoms with Gasteiger partial charge in [-0.05, 0) is 44.7 Å². The van der Waals surface area contributed by atoms with E-state index < -0.39 is 0 Å². The van der Waals surface area contributed by atoms with Crippen molar-refractivity contribution in [3.05, 3.63) is 53.2 Å². The van der Waals surface area contributed by atoms with Crippen molar-refractivity contribution < 1.29 is 0 Å². The Hall–Kier alpha value is -2.14. The number of aromatic nitrogens is 4. The zero-order chi connectivity index (χ0) is 15.8. The van der Waals surface area contributed by atoms with Crippen LogP contribution in [0.25, 0.3) is 5.65 Å². The van der Waals surface area contributed by atoms with Gasteiger partial charge in [-0.2, -0.15) is 5.10 Å². The van der Waals surface area contributed by atoms with E-state index in [-0.39, 0.29) is 0 Å². The van der Waals surface area contributed by atoms with Crippen LogP contribution < -0.4 is 5.32 Å². The second-order valence-electron chi connectivity index (χ2n) is 6.32. The third kappa shape index (κ3) is 2.45. The van der Waals surface area contributed by atoms with Gasteiger partial charge in [-0.1, -0.05) is 6.07 Å². The fourth-order valence-electron chi connectivity index (χ4n) is 3.66. The molecule has 0 saturated carbocycles. The molecule has 1 aliphatic rings. The molecule has 0 spiro atoms. The molecule has 3 heterocycles. The number of fused-ring (bicyclic) bond motifs is 2. The van der Waals surface area contributed by atoms with Crippen molar-refractivity contribution >= 4 is 5.65 Å². The molecule has 0 aromatic carbocycles. The summed E-state index contributed by atoms with van der Waals surface area (Å²) in [6.45, 7) is 6.04. The number of hydrogen-bond donors (Lipinski definition) is 1. The number of imidazole rings is 1. The predicted molar refractivity (Wildman–Crippen MR) is 90.3 cm³/mol. The molecule has 1 atom stereocenters. The Labute approximate surface area is 136 Å². The second kappa shape index (κ2) is 5.81. The molecule has 1 aliphatic carbocycles. The van der Waals surface area contributed by atoms with Crippen LogP contribution in [0, 0.1) is 6.92 Å². The third-order valence-corrected chi connectivity index (χ3v) is 4.90. The molecule has 0 bridgehead atoms. The largest absolute Gasteiger partial charge is 0.304 e. The highest BCUT2D eigenvalue weighted by atomic mass is 15.3. The topological polar surface area (TPSA) is 47.2 Å². The monoisotopic (exact) mass is 309 g/mol. The van der Waals surface area contributed by atoms with Gasteiger partial charge in [0.25, 0.3) is 0 Å². The first kappa shape index (κ1) is 14.5. The number of nitrogens with zero attached hydrogens (tertiary/aromatic N) is 4. The Morgan fingerprint density at radius 1 is 1.35 bits per heavy atom. The Bertz CT molecular complexity index is 829. The SMILES string of the molecule is CCn1ncc2c1CCC[C@@H]2NCc1cnc2c(C)cccn12. The first-order valence-electron chi connectivity index (χ1n) is 8.47. The molecular weight excluding hydrogens is 286 g/mol. The van der Waals surface area contributed by atoms with Crippen LogP contribution in [0.15, 0.2) is 30.7 Å². The minimum atomic E-state index is 0.398. The normalized spacial score (nSPS) is 17.6. The first-order chi connectivity index (χ1) is 11.3. The van der Waals surface area contributed by atoms with Gasteiger partial charge in [0.2, 0.25) is 0 Å². The van der Waals surface area contributed by atoms with Gasteiger partial charge in [0, 0.05) is 36.6 Å². The molecule has 3 aromatic rings. The highest BCUT2D eigenvalue weighted by Crippen LogP contribution is 2.29. The summed E-state index contributed by atoms with van der Waals surface area (Å²) in [6, 6.07) is 4.58. The van der Waals surface area contributed by atoms with E-state index >= 15 is 0 Å². The number of rotatable bonds is 4. The van der Waals surface area contributed by atoms with Crippen LogP contribution in [0.4, 0.5) is 0 Å². The lowest BCUT2D eigenvalue weighted by Crippen LogP contribution is -2.25. The minimum absolute atomic E-state index is 0.398. The van der Waals surface area contributed by atoms with Crippen molar-refractivity contribution in [1.29, 1.82) is 0 Å². The fourth-order valence-corrected chi connectivity index (χ4v) is 3.66. The molecule has 1 N–H and O–H groups in total. The average molecular weight is 309 g/mol. The second-order valence-corrected chi connectivity index (χ2v) is 6.32.